The Morgan fingerprint density at radius 2 is 1.89 bits per heavy atom. The molecule has 1 N–H and O–H groups in total. The van der Waals surface area contributed by atoms with Gasteiger partial charge in [-0.25, -0.2) is 4.39 Å². The third-order valence-electron chi connectivity index (χ3n) is 4.30. The van der Waals surface area contributed by atoms with Crippen LogP contribution in [-0.2, 0) is 0 Å². The number of para-hydroxylation sites is 1. The minimum absolute atomic E-state index is 0.0272. The summed E-state index contributed by atoms with van der Waals surface area (Å²) in [6.07, 6.45) is 0. The van der Waals surface area contributed by atoms with Crippen molar-refractivity contribution in [3.8, 4) is 11.5 Å². The lowest BCUT2D eigenvalue weighted by Crippen LogP contribution is -2.14. The Kier molecular flexibility index (Phi) is 4.53. The van der Waals surface area contributed by atoms with Gasteiger partial charge in [-0.1, -0.05) is 42.1 Å². The van der Waals surface area contributed by atoms with E-state index in [0.29, 0.717) is 5.56 Å². The van der Waals surface area contributed by atoms with E-state index in [4.69, 9.17) is 4.42 Å². The van der Waals surface area contributed by atoms with Crippen LogP contribution in [0.3, 0.4) is 0 Å². The number of aryl methyl sites for hydroxylation is 1. The number of hydrogen-bond acceptors (Lipinski definition) is 5. The lowest BCUT2D eigenvalue weighted by Gasteiger charge is -2.07. The topological polar surface area (TPSA) is 71.8 Å². The predicted molar refractivity (Wildman–Crippen MR) is 102 cm³/mol. The Bertz CT molecular complexity index is 1140. The Hall–Kier alpha value is -2.93. The van der Waals surface area contributed by atoms with Crippen LogP contribution < -0.4 is 0 Å². The van der Waals surface area contributed by atoms with Crippen molar-refractivity contribution in [2.75, 3.05) is 0 Å². The summed E-state index contributed by atoms with van der Waals surface area (Å²) in [6.45, 7) is 3.68. The summed E-state index contributed by atoms with van der Waals surface area (Å²) < 4.78 is 19.4. The van der Waals surface area contributed by atoms with Gasteiger partial charge in [0.15, 0.2) is 5.78 Å². The van der Waals surface area contributed by atoms with Gasteiger partial charge in [-0.2, -0.15) is 0 Å². The zero-order chi connectivity index (χ0) is 19.0. The number of thioether (sulfide) groups is 1. The summed E-state index contributed by atoms with van der Waals surface area (Å²) in [5.74, 6) is -0.365. The summed E-state index contributed by atoms with van der Waals surface area (Å²) in [7, 11) is 0. The molecular weight excluding hydrogens is 365 g/mol. The number of benzene rings is 2. The summed E-state index contributed by atoms with van der Waals surface area (Å²) in [6, 6.07) is 13.9. The Morgan fingerprint density at radius 3 is 2.70 bits per heavy atom. The maximum absolute atomic E-state index is 13.9. The second kappa shape index (κ2) is 7.00. The molecule has 7 heteroatoms. The zero-order valence-corrected chi connectivity index (χ0v) is 15.5. The fourth-order valence-corrected chi connectivity index (χ4v) is 3.75. The number of carbonyl (C=O) groups is 1. The van der Waals surface area contributed by atoms with Crippen LogP contribution in [0.5, 0.6) is 0 Å². The third kappa shape index (κ3) is 3.26. The number of nitrogens with one attached hydrogen (secondary N) is 1. The zero-order valence-electron chi connectivity index (χ0n) is 14.7. The van der Waals surface area contributed by atoms with Crippen LogP contribution in [0, 0.1) is 12.7 Å². The van der Waals surface area contributed by atoms with Crippen LogP contribution in [-0.4, -0.2) is 26.2 Å². The summed E-state index contributed by atoms with van der Waals surface area (Å²) in [5.41, 5.74) is 2.66. The Labute approximate surface area is 159 Å². The largest absolute Gasteiger partial charge is 0.411 e. The number of fused-ring (bicyclic) bond motifs is 1. The first kappa shape index (κ1) is 17.5. The van der Waals surface area contributed by atoms with Crippen molar-refractivity contribution in [2.45, 2.75) is 24.3 Å². The molecule has 0 amide bonds. The van der Waals surface area contributed by atoms with Gasteiger partial charge in [-0.15, -0.1) is 10.2 Å². The Morgan fingerprint density at radius 1 is 1.15 bits per heavy atom. The number of rotatable bonds is 5. The Balaban J connectivity index is 1.57. The normalized spacial score (nSPS) is 12.4. The van der Waals surface area contributed by atoms with Crippen molar-refractivity contribution < 1.29 is 13.6 Å². The number of carbonyl (C=O) groups excluding carboxylic acids is 1. The highest BCUT2D eigenvalue weighted by Crippen LogP contribution is 2.31. The van der Waals surface area contributed by atoms with E-state index in [1.54, 1.807) is 25.1 Å². The molecule has 0 saturated heterocycles. The molecule has 2 aromatic heterocycles. The van der Waals surface area contributed by atoms with Crippen molar-refractivity contribution in [1.82, 2.24) is 15.2 Å². The molecule has 2 aromatic carbocycles. The molecular formula is C20H16FN3O2S. The summed E-state index contributed by atoms with van der Waals surface area (Å²) in [4.78, 5) is 16.2. The maximum Gasteiger partial charge on any atom is 0.277 e. The molecule has 1 atom stereocenters. The number of Topliss-reactive ketones (excluding diaryl/α,β-unsaturated/α-hetero) is 1. The van der Waals surface area contributed by atoms with Gasteiger partial charge in [-0.05, 0) is 32.0 Å². The highest BCUT2D eigenvalue weighted by Gasteiger charge is 2.24. The highest BCUT2D eigenvalue weighted by molar-refractivity contribution is 8.00. The quantitative estimate of drug-likeness (QED) is 0.388. The van der Waals surface area contributed by atoms with Gasteiger partial charge in [0.05, 0.1) is 10.8 Å². The van der Waals surface area contributed by atoms with Crippen LogP contribution in [0.1, 0.15) is 23.0 Å². The summed E-state index contributed by atoms with van der Waals surface area (Å²) in [5, 5.41) is 8.53. The molecule has 27 heavy (non-hydrogen) atoms. The number of ketones is 1. The first-order valence-electron chi connectivity index (χ1n) is 8.41. The minimum atomic E-state index is -0.434. The molecule has 0 fully saturated rings. The number of aromatic nitrogens is 3. The molecule has 5 nitrogen and oxygen atoms in total. The molecule has 0 bridgehead atoms. The van der Waals surface area contributed by atoms with Gasteiger partial charge in [0.1, 0.15) is 5.82 Å². The van der Waals surface area contributed by atoms with E-state index in [1.165, 1.54) is 6.07 Å². The molecule has 4 rings (SSSR count). The second-order valence-electron chi connectivity index (χ2n) is 6.15. The number of hydrogen-bond donors (Lipinski definition) is 1. The lowest BCUT2D eigenvalue weighted by atomic mass is 10.1. The minimum Gasteiger partial charge on any atom is -0.411 e. The van der Waals surface area contributed by atoms with Gasteiger partial charge in [0.2, 0.25) is 0 Å². The monoisotopic (exact) mass is 381 g/mol. The second-order valence-corrected chi connectivity index (χ2v) is 7.44. The van der Waals surface area contributed by atoms with Crippen molar-refractivity contribution in [3.05, 3.63) is 65.6 Å². The van der Waals surface area contributed by atoms with Crippen LogP contribution in [0.4, 0.5) is 4.39 Å². The van der Waals surface area contributed by atoms with E-state index in [9.17, 15) is 9.18 Å². The third-order valence-corrected chi connectivity index (χ3v) is 5.23. The van der Waals surface area contributed by atoms with Crippen molar-refractivity contribution >= 4 is 28.4 Å². The smallest absolute Gasteiger partial charge is 0.277 e. The van der Waals surface area contributed by atoms with E-state index in [1.807, 2.05) is 31.2 Å². The first-order chi connectivity index (χ1) is 13.0. The van der Waals surface area contributed by atoms with Crippen LogP contribution in [0.2, 0.25) is 0 Å². The molecule has 136 valence electrons. The molecule has 0 radical (unpaired) electrons. The van der Waals surface area contributed by atoms with E-state index >= 15 is 0 Å². The van der Waals surface area contributed by atoms with Crippen molar-refractivity contribution in [2.24, 2.45) is 0 Å². The fourth-order valence-electron chi connectivity index (χ4n) is 3.00. The number of H-pyrrole nitrogens is 1. The fraction of sp³-hybridized carbons (Fsp3) is 0.150. The lowest BCUT2D eigenvalue weighted by molar-refractivity contribution is 0.0994. The molecule has 0 aliphatic carbocycles. The standard InChI is InChI=1S/C20H16FN3O2S/c1-11-17(14-8-4-6-10-16(14)22-11)18(25)12(2)27-20-24-23-19(26-20)13-7-3-5-9-15(13)21/h3-10,12,22H,1-2H3/t12-/m1/s1. The van der Waals surface area contributed by atoms with Gasteiger partial charge in [-0.3, -0.25) is 4.79 Å². The highest BCUT2D eigenvalue weighted by atomic mass is 32.2. The molecule has 2 heterocycles. The van der Waals surface area contributed by atoms with Gasteiger partial charge in [0.25, 0.3) is 11.1 Å². The number of halogens is 1. The van der Waals surface area contributed by atoms with Crippen LogP contribution in [0.15, 0.2) is 58.2 Å². The summed E-state index contributed by atoms with van der Waals surface area (Å²) >= 11 is 1.16. The molecule has 0 aliphatic rings. The average Bonchev–Trinajstić information content (AvgIpc) is 3.25. The molecule has 0 unspecified atom stereocenters. The van der Waals surface area contributed by atoms with E-state index in [-0.39, 0.29) is 22.5 Å². The predicted octanol–water partition coefficient (Wildman–Crippen LogP) is 5.03. The van der Waals surface area contributed by atoms with Gasteiger partial charge < -0.3 is 9.40 Å². The molecule has 4 aromatic rings. The maximum atomic E-state index is 13.9. The van der Waals surface area contributed by atoms with E-state index < -0.39 is 11.1 Å². The van der Waals surface area contributed by atoms with Gasteiger partial charge >= 0.3 is 0 Å². The van der Waals surface area contributed by atoms with E-state index in [0.717, 1.165) is 28.4 Å². The molecule has 0 saturated carbocycles. The van der Waals surface area contributed by atoms with Gasteiger partial charge in [0, 0.05) is 22.2 Å². The number of nitrogens with zero attached hydrogens (tertiary/aromatic N) is 2. The average molecular weight is 381 g/mol. The molecule has 0 spiro atoms. The first-order valence-corrected chi connectivity index (χ1v) is 9.29. The molecule has 0 aliphatic heterocycles. The van der Waals surface area contributed by atoms with Crippen molar-refractivity contribution in [1.29, 1.82) is 0 Å². The van der Waals surface area contributed by atoms with Crippen LogP contribution in [0.25, 0.3) is 22.4 Å². The van der Waals surface area contributed by atoms with E-state index in [2.05, 4.69) is 15.2 Å². The SMILES string of the molecule is Cc1[nH]c2ccccc2c1C(=O)[C@@H](C)Sc1nnc(-c2ccccc2F)o1. The number of aromatic amines is 1. The van der Waals surface area contributed by atoms with Crippen molar-refractivity contribution in [3.63, 3.8) is 0 Å². The van der Waals surface area contributed by atoms with Crippen LogP contribution >= 0.6 is 11.8 Å².